The second-order valence-electron chi connectivity index (χ2n) is 1.86. The van der Waals surface area contributed by atoms with Crippen LogP contribution in [-0.2, 0) is 0 Å². The van der Waals surface area contributed by atoms with Crippen LogP contribution in [0.1, 0.15) is 0 Å². The smallest absolute Gasteiger partial charge is 0.0514 e. The minimum absolute atomic E-state index is 1.54. The van der Waals surface area contributed by atoms with Crippen molar-refractivity contribution in [1.82, 2.24) is 0 Å². The maximum Gasteiger partial charge on any atom is 0.0514 e. The Morgan fingerprint density at radius 3 is 1.42 bits per heavy atom. The number of hydrogen-bond donors (Lipinski definition) is 0. The average Bonchev–Trinajstić information content (AvgIpc) is 2.05. The summed E-state index contributed by atoms with van der Waals surface area (Å²) < 4.78 is 0. The summed E-state index contributed by atoms with van der Waals surface area (Å²) >= 11 is 0. The highest BCUT2D eigenvalue weighted by molar-refractivity contribution is 5.14. The largest absolute Gasteiger partial charge is 0.137 e. The van der Waals surface area contributed by atoms with E-state index in [-0.39, 0.29) is 0 Å². The SMILES string of the molecule is C1=C\C=C/N=NN=N/C=C\C=C/1. The summed E-state index contributed by atoms with van der Waals surface area (Å²) in [5, 5.41) is 13.9. The van der Waals surface area contributed by atoms with Crippen LogP contribution in [0, 0.1) is 0 Å². The first-order chi connectivity index (χ1) is 6.00. The van der Waals surface area contributed by atoms with Crippen molar-refractivity contribution in [2.75, 3.05) is 0 Å². The average molecular weight is 160 g/mol. The molecule has 1 rings (SSSR count). The molecule has 4 heteroatoms. The van der Waals surface area contributed by atoms with Crippen LogP contribution >= 0.6 is 0 Å². The summed E-state index contributed by atoms with van der Waals surface area (Å²) in [6.07, 6.45) is 14.1. The zero-order chi connectivity index (χ0) is 8.49. The molecule has 0 aromatic rings. The zero-order valence-corrected chi connectivity index (χ0v) is 6.41. The van der Waals surface area contributed by atoms with E-state index in [0.717, 1.165) is 0 Å². The monoisotopic (exact) mass is 160 g/mol. The van der Waals surface area contributed by atoms with Crippen molar-refractivity contribution in [3.63, 3.8) is 0 Å². The van der Waals surface area contributed by atoms with Crippen LogP contribution in [0.5, 0.6) is 0 Å². The predicted molar refractivity (Wildman–Crippen MR) is 46.3 cm³/mol. The quantitative estimate of drug-likeness (QED) is 0.523. The third-order valence-corrected chi connectivity index (χ3v) is 1.00. The van der Waals surface area contributed by atoms with Crippen molar-refractivity contribution in [2.45, 2.75) is 0 Å². The molecule has 1 heterocycles. The molecule has 1 aliphatic heterocycles. The summed E-state index contributed by atoms with van der Waals surface area (Å²) in [5.41, 5.74) is 0. The Morgan fingerprint density at radius 2 is 0.917 bits per heavy atom. The third kappa shape index (κ3) is 4.05. The lowest BCUT2D eigenvalue weighted by Gasteiger charge is -1.75. The molecular formula is C8H8N4. The van der Waals surface area contributed by atoms with E-state index in [9.17, 15) is 0 Å². The Kier molecular flexibility index (Phi) is 4.07. The molecule has 0 unspecified atom stereocenters. The van der Waals surface area contributed by atoms with Gasteiger partial charge in [-0.25, -0.2) is 0 Å². The Morgan fingerprint density at radius 1 is 0.500 bits per heavy atom. The van der Waals surface area contributed by atoms with Gasteiger partial charge in [0.05, 0.1) is 12.4 Å². The number of allylic oxidation sites excluding steroid dienone is 6. The lowest BCUT2D eigenvalue weighted by Crippen LogP contribution is -1.54. The van der Waals surface area contributed by atoms with Crippen LogP contribution in [0.15, 0.2) is 69.5 Å². The van der Waals surface area contributed by atoms with Crippen molar-refractivity contribution in [3.05, 3.63) is 48.9 Å². The first-order valence-electron chi connectivity index (χ1n) is 3.45. The first-order valence-corrected chi connectivity index (χ1v) is 3.45. The summed E-state index contributed by atoms with van der Waals surface area (Å²) in [6.45, 7) is 0. The fourth-order valence-corrected chi connectivity index (χ4v) is 0.539. The second-order valence-corrected chi connectivity index (χ2v) is 1.86. The molecule has 0 spiro atoms. The zero-order valence-electron chi connectivity index (χ0n) is 6.41. The fourth-order valence-electron chi connectivity index (χ4n) is 0.539. The minimum atomic E-state index is 1.54. The van der Waals surface area contributed by atoms with Crippen molar-refractivity contribution in [2.24, 2.45) is 20.7 Å². The van der Waals surface area contributed by atoms with Crippen LogP contribution in [0.4, 0.5) is 0 Å². The van der Waals surface area contributed by atoms with Crippen molar-refractivity contribution < 1.29 is 0 Å². The molecular weight excluding hydrogens is 152 g/mol. The molecule has 0 radical (unpaired) electrons. The van der Waals surface area contributed by atoms with Gasteiger partial charge >= 0.3 is 0 Å². The summed E-state index contributed by atoms with van der Waals surface area (Å²) in [4.78, 5) is 0. The van der Waals surface area contributed by atoms with Crippen molar-refractivity contribution in [3.8, 4) is 0 Å². The fraction of sp³-hybridized carbons (Fsp3) is 0. The van der Waals surface area contributed by atoms with E-state index in [2.05, 4.69) is 20.7 Å². The molecule has 0 aromatic heterocycles. The maximum absolute atomic E-state index is 3.58. The van der Waals surface area contributed by atoms with E-state index in [1.807, 2.05) is 24.3 Å². The lowest BCUT2D eigenvalue weighted by molar-refractivity contribution is 0.951. The van der Waals surface area contributed by atoms with Crippen molar-refractivity contribution >= 4 is 0 Å². The summed E-state index contributed by atoms with van der Waals surface area (Å²) in [5.74, 6) is 0. The van der Waals surface area contributed by atoms with E-state index >= 15 is 0 Å². The lowest BCUT2D eigenvalue weighted by atomic mass is 10.4. The highest BCUT2D eigenvalue weighted by atomic mass is 15.4. The van der Waals surface area contributed by atoms with Gasteiger partial charge in [-0.1, -0.05) is 24.3 Å². The molecule has 12 heavy (non-hydrogen) atoms. The Hall–Kier alpha value is -1.84. The van der Waals surface area contributed by atoms with Gasteiger partial charge in [-0.2, -0.15) is 0 Å². The standard InChI is InChI=1S/C8H8N4/c1-2-4-6-8-10-12-11-9-7-5-3-1/h1-8H/b2-1?,3-1-,4-2-,5-3?,6-4?,7-5-,8-6-,9-7?,10-8?,11-9?,12-10?,12-11?. The number of rotatable bonds is 0. The van der Waals surface area contributed by atoms with E-state index in [4.69, 9.17) is 0 Å². The van der Waals surface area contributed by atoms with Gasteiger partial charge in [-0.3, -0.25) is 0 Å². The minimum Gasteiger partial charge on any atom is -0.137 e. The molecule has 0 fully saturated rings. The van der Waals surface area contributed by atoms with Gasteiger partial charge in [0.25, 0.3) is 0 Å². The third-order valence-electron chi connectivity index (χ3n) is 1.00. The molecule has 0 aliphatic carbocycles. The maximum atomic E-state index is 3.58. The van der Waals surface area contributed by atoms with Crippen LogP contribution in [0.25, 0.3) is 0 Å². The van der Waals surface area contributed by atoms with Gasteiger partial charge in [0.2, 0.25) is 0 Å². The molecule has 60 valence electrons. The predicted octanol–water partition coefficient (Wildman–Crippen LogP) is 2.96. The first kappa shape index (κ1) is 8.26. The Bertz CT molecular complexity index is 180. The van der Waals surface area contributed by atoms with E-state index in [0.29, 0.717) is 0 Å². The van der Waals surface area contributed by atoms with E-state index in [1.54, 1.807) is 12.2 Å². The summed E-state index contributed by atoms with van der Waals surface area (Å²) in [6, 6.07) is 0. The summed E-state index contributed by atoms with van der Waals surface area (Å²) in [7, 11) is 0. The molecule has 4 nitrogen and oxygen atoms in total. The Labute approximate surface area is 70.4 Å². The highest BCUT2D eigenvalue weighted by Gasteiger charge is 1.67. The number of hydrogen-bond acceptors (Lipinski definition) is 4. The molecule has 1 aliphatic rings. The molecule has 0 saturated carbocycles. The van der Waals surface area contributed by atoms with Crippen LogP contribution in [0.3, 0.4) is 0 Å². The van der Waals surface area contributed by atoms with Crippen LogP contribution < -0.4 is 0 Å². The highest BCUT2D eigenvalue weighted by Crippen LogP contribution is 1.88. The van der Waals surface area contributed by atoms with Crippen molar-refractivity contribution in [1.29, 1.82) is 0 Å². The van der Waals surface area contributed by atoms with Gasteiger partial charge in [0.1, 0.15) is 0 Å². The van der Waals surface area contributed by atoms with E-state index in [1.165, 1.54) is 12.4 Å². The molecule has 0 N–H and O–H groups in total. The molecule has 0 aromatic carbocycles. The second kappa shape index (κ2) is 5.91. The molecule has 0 atom stereocenters. The van der Waals surface area contributed by atoms with Gasteiger partial charge in [0.15, 0.2) is 0 Å². The van der Waals surface area contributed by atoms with Crippen LogP contribution in [-0.4, -0.2) is 0 Å². The molecule has 0 bridgehead atoms. The van der Waals surface area contributed by atoms with E-state index < -0.39 is 0 Å². The topological polar surface area (TPSA) is 49.4 Å². The van der Waals surface area contributed by atoms with Gasteiger partial charge in [-0.15, -0.1) is 10.2 Å². The number of nitrogens with zero attached hydrogens (tertiary/aromatic N) is 4. The van der Waals surface area contributed by atoms with Gasteiger partial charge in [-0.05, 0) is 22.6 Å². The van der Waals surface area contributed by atoms with Gasteiger partial charge in [0, 0.05) is 0 Å². The Balaban J connectivity index is 2.67. The van der Waals surface area contributed by atoms with Gasteiger partial charge < -0.3 is 0 Å². The van der Waals surface area contributed by atoms with Crippen LogP contribution in [0.2, 0.25) is 0 Å². The molecule has 0 amide bonds. The normalized spacial score (nSPS) is 26.7. The molecule has 0 saturated heterocycles.